The predicted molar refractivity (Wildman–Crippen MR) is 56.5 cm³/mol. The van der Waals surface area contributed by atoms with Crippen LogP contribution in [0.5, 0.6) is 0 Å². The van der Waals surface area contributed by atoms with Gasteiger partial charge in [0, 0.05) is 19.1 Å². The highest BCUT2D eigenvalue weighted by molar-refractivity contribution is 5.89. The molecular formula is C12H13F3O2. The molecule has 0 spiro atoms. The van der Waals surface area contributed by atoms with Crippen molar-refractivity contribution in [3.05, 3.63) is 35.9 Å². The predicted octanol–water partition coefficient (Wildman–Crippen LogP) is 3.07. The highest BCUT2D eigenvalue weighted by Gasteiger charge is 2.61. The molecule has 0 aliphatic carbocycles. The van der Waals surface area contributed by atoms with Crippen molar-refractivity contribution in [1.82, 2.24) is 0 Å². The Morgan fingerprint density at radius 3 is 2.12 bits per heavy atom. The molecule has 0 N–H and O–H groups in total. The number of methoxy groups -OCH3 is 1. The molecule has 1 aromatic rings. The summed E-state index contributed by atoms with van der Waals surface area (Å²) in [6.45, 7) is 1.38. The lowest BCUT2D eigenvalue weighted by atomic mass is 9.87. The number of hydrogen-bond donors (Lipinski definition) is 0. The number of carbonyl (C=O) groups is 1. The van der Waals surface area contributed by atoms with E-state index in [9.17, 15) is 18.0 Å². The van der Waals surface area contributed by atoms with E-state index in [1.165, 1.54) is 31.2 Å². The van der Waals surface area contributed by atoms with Crippen LogP contribution in [0, 0.1) is 0 Å². The Hall–Kier alpha value is -1.36. The highest BCUT2D eigenvalue weighted by atomic mass is 19.4. The SMILES string of the molecule is CCC(=O)C(OC)(c1ccccc1)C(F)(F)F. The van der Waals surface area contributed by atoms with Crippen LogP contribution in [0.15, 0.2) is 30.3 Å². The van der Waals surface area contributed by atoms with E-state index in [4.69, 9.17) is 0 Å². The fourth-order valence-electron chi connectivity index (χ4n) is 1.75. The molecule has 94 valence electrons. The van der Waals surface area contributed by atoms with Crippen molar-refractivity contribution in [3.63, 3.8) is 0 Å². The van der Waals surface area contributed by atoms with Crippen molar-refractivity contribution in [1.29, 1.82) is 0 Å². The quantitative estimate of drug-likeness (QED) is 0.816. The molecule has 0 heterocycles. The zero-order chi connectivity index (χ0) is 13.1. The maximum Gasteiger partial charge on any atom is 0.428 e. The fraction of sp³-hybridized carbons (Fsp3) is 0.417. The van der Waals surface area contributed by atoms with E-state index >= 15 is 0 Å². The number of halogens is 3. The Kier molecular flexibility index (Phi) is 3.93. The summed E-state index contributed by atoms with van der Waals surface area (Å²) in [5.74, 6) is -1.00. The molecule has 0 radical (unpaired) electrons. The minimum absolute atomic E-state index is 0.193. The number of rotatable bonds is 4. The molecule has 0 aliphatic heterocycles. The van der Waals surface area contributed by atoms with Gasteiger partial charge in [0.05, 0.1) is 0 Å². The maximum atomic E-state index is 13.2. The number of alkyl halides is 3. The number of benzene rings is 1. The summed E-state index contributed by atoms with van der Waals surface area (Å²) in [7, 11) is 0.897. The van der Waals surface area contributed by atoms with Gasteiger partial charge in [0.25, 0.3) is 0 Å². The van der Waals surface area contributed by atoms with Crippen LogP contribution in [0.2, 0.25) is 0 Å². The largest absolute Gasteiger partial charge is 0.428 e. The van der Waals surface area contributed by atoms with Gasteiger partial charge in [0.15, 0.2) is 5.78 Å². The van der Waals surface area contributed by atoms with Crippen molar-refractivity contribution in [2.24, 2.45) is 0 Å². The maximum absolute atomic E-state index is 13.2. The van der Waals surface area contributed by atoms with Gasteiger partial charge in [-0.25, -0.2) is 0 Å². The number of ether oxygens (including phenoxy) is 1. The first-order valence-electron chi connectivity index (χ1n) is 5.10. The van der Waals surface area contributed by atoms with Crippen LogP contribution in [0.25, 0.3) is 0 Å². The fourth-order valence-corrected chi connectivity index (χ4v) is 1.75. The molecule has 0 fully saturated rings. The molecule has 0 bridgehead atoms. The molecule has 0 amide bonds. The van der Waals surface area contributed by atoms with Crippen LogP contribution in [-0.4, -0.2) is 19.1 Å². The lowest BCUT2D eigenvalue weighted by Crippen LogP contribution is -2.50. The second-order valence-corrected chi connectivity index (χ2v) is 3.53. The van der Waals surface area contributed by atoms with E-state index in [0.717, 1.165) is 7.11 Å². The molecule has 17 heavy (non-hydrogen) atoms. The Labute approximate surface area is 97.4 Å². The van der Waals surface area contributed by atoms with Crippen molar-refractivity contribution < 1.29 is 22.7 Å². The molecular weight excluding hydrogens is 233 g/mol. The molecule has 0 saturated carbocycles. The van der Waals surface area contributed by atoms with Crippen molar-refractivity contribution in [2.45, 2.75) is 25.1 Å². The van der Waals surface area contributed by atoms with Gasteiger partial charge in [-0.15, -0.1) is 0 Å². The first-order valence-corrected chi connectivity index (χ1v) is 5.10. The van der Waals surface area contributed by atoms with Crippen LogP contribution in [-0.2, 0) is 15.1 Å². The number of hydrogen-bond acceptors (Lipinski definition) is 2. The molecule has 2 nitrogen and oxygen atoms in total. The van der Waals surface area contributed by atoms with E-state index in [-0.39, 0.29) is 12.0 Å². The molecule has 1 unspecified atom stereocenters. The van der Waals surface area contributed by atoms with Crippen LogP contribution in [0.4, 0.5) is 13.2 Å². The first kappa shape index (κ1) is 13.7. The minimum Gasteiger partial charge on any atom is -0.358 e. The molecule has 1 aromatic carbocycles. The van der Waals surface area contributed by atoms with Crippen molar-refractivity contribution >= 4 is 5.78 Å². The summed E-state index contributed by atoms with van der Waals surface area (Å²) in [4.78, 5) is 11.7. The van der Waals surface area contributed by atoms with E-state index in [1.807, 2.05) is 0 Å². The van der Waals surface area contributed by atoms with E-state index in [1.54, 1.807) is 6.07 Å². The molecule has 5 heteroatoms. The van der Waals surface area contributed by atoms with Crippen LogP contribution in [0.3, 0.4) is 0 Å². The molecule has 0 saturated heterocycles. The summed E-state index contributed by atoms with van der Waals surface area (Å²) in [6.07, 6.45) is -5.03. The second kappa shape index (κ2) is 4.87. The third-order valence-corrected chi connectivity index (χ3v) is 2.60. The van der Waals surface area contributed by atoms with Gasteiger partial charge in [-0.2, -0.15) is 13.2 Å². The molecule has 1 atom stereocenters. The van der Waals surface area contributed by atoms with Gasteiger partial charge >= 0.3 is 6.18 Å². The van der Waals surface area contributed by atoms with Gasteiger partial charge in [0.1, 0.15) is 0 Å². The monoisotopic (exact) mass is 246 g/mol. The van der Waals surface area contributed by atoms with Gasteiger partial charge in [-0.3, -0.25) is 4.79 Å². The minimum atomic E-state index is -4.78. The summed E-state index contributed by atoms with van der Waals surface area (Å²) >= 11 is 0. The Morgan fingerprint density at radius 1 is 1.24 bits per heavy atom. The van der Waals surface area contributed by atoms with E-state index < -0.39 is 17.6 Å². The summed E-state index contributed by atoms with van der Waals surface area (Å²) < 4.78 is 44.0. The summed E-state index contributed by atoms with van der Waals surface area (Å²) in [5.41, 5.74) is -3.05. The summed E-state index contributed by atoms with van der Waals surface area (Å²) in [5, 5.41) is 0. The van der Waals surface area contributed by atoms with Crippen LogP contribution >= 0.6 is 0 Å². The lowest BCUT2D eigenvalue weighted by molar-refractivity contribution is -0.264. The molecule has 1 rings (SSSR count). The van der Waals surface area contributed by atoms with Crippen LogP contribution in [0.1, 0.15) is 18.9 Å². The van der Waals surface area contributed by atoms with Gasteiger partial charge in [-0.05, 0) is 0 Å². The van der Waals surface area contributed by atoms with Crippen molar-refractivity contribution in [3.8, 4) is 0 Å². The third kappa shape index (κ3) is 2.20. The first-order chi connectivity index (χ1) is 7.90. The van der Waals surface area contributed by atoms with E-state index in [2.05, 4.69) is 4.74 Å². The Balaban J connectivity index is 3.43. The lowest BCUT2D eigenvalue weighted by Gasteiger charge is -2.33. The number of ketones is 1. The number of Topliss-reactive ketones (excluding diaryl/α,β-unsaturated/α-hetero) is 1. The van der Waals surface area contributed by atoms with Crippen LogP contribution < -0.4 is 0 Å². The molecule has 0 aliphatic rings. The Bertz CT molecular complexity index is 386. The summed E-state index contributed by atoms with van der Waals surface area (Å²) in [6, 6.07) is 6.95. The zero-order valence-electron chi connectivity index (χ0n) is 9.54. The van der Waals surface area contributed by atoms with Gasteiger partial charge < -0.3 is 4.74 Å². The zero-order valence-corrected chi connectivity index (χ0v) is 9.54. The van der Waals surface area contributed by atoms with Crippen molar-refractivity contribution in [2.75, 3.05) is 7.11 Å². The topological polar surface area (TPSA) is 26.3 Å². The number of carbonyl (C=O) groups excluding carboxylic acids is 1. The average molecular weight is 246 g/mol. The standard InChI is InChI=1S/C12H13F3O2/c1-3-10(16)11(17-2,12(13,14)15)9-7-5-4-6-8-9/h4-8H,3H2,1-2H3. The molecule has 0 aromatic heterocycles. The van der Waals surface area contributed by atoms with E-state index in [0.29, 0.717) is 0 Å². The normalized spacial score (nSPS) is 15.4. The van der Waals surface area contributed by atoms with Gasteiger partial charge in [0.2, 0.25) is 5.60 Å². The smallest absolute Gasteiger partial charge is 0.358 e. The average Bonchev–Trinajstić information content (AvgIpc) is 2.30. The van der Waals surface area contributed by atoms with Gasteiger partial charge in [-0.1, -0.05) is 37.3 Å². The third-order valence-electron chi connectivity index (χ3n) is 2.60. The highest BCUT2D eigenvalue weighted by Crippen LogP contribution is 2.43. The second-order valence-electron chi connectivity index (χ2n) is 3.53. The Morgan fingerprint density at radius 2 is 1.76 bits per heavy atom.